The molecule has 22 heavy (non-hydrogen) atoms. The van der Waals surface area contributed by atoms with Gasteiger partial charge < -0.3 is 14.6 Å². The van der Waals surface area contributed by atoms with Crippen LogP contribution in [0.1, 0.15) is 6.92 Å². The molecule has 0 aromatic carbocycles. The first-order chi connectivity index (χ1) is 10.4. The summed E-state index contributed by atoms with van der Waals surface area (Å²) in [6, 6.07) is 0. The Morgan fingerprint density at radius 2 is 1.91 bits per heavy atom. The van der Waals surface area contributed by atoms with Crippen molar-refractivity contribution in [1.82, 2.24) is 19.2 Å². The number of sulfonamides is 1. The molecular weight excluding hydrogens is 316 g/mol. The summed E-state index contributed by atoms with van der Waals surface area (Å²) in [6.07, 6.45) is 0.371. The van der Waals surface area contributed by atoms with Gasteiger partial charge in [-0.05, 0) is 6.92 Å². The normalized spacial score (nSPS) is 16.5. The summed E-state index contributed by atoms with van der Waals surface area (Å²) < 4.78 is 30.7. The number of rotatable bonds is 3. The van der Waals surface area contributed by atoms with E-state index in [1.165, 1.54) is 4.90 Å². The SMILES string of the molecule is CCOC(=O)N1CCN(S(=O)(=O)c2c[nH]c(=O)[nH]c2=O)CC1. The summed E-state index contributed by atoms with van der Waals surface area (Å²) in [5.74, 6) is 0. The fourth-order valence-electron chi connectivity index (χ4n) is 2.05. The van der Waals surface area contributed by atoms with Crippen molar-refractivity contribution < 1.29 is 17.9 Å². The highest BCUT2D eigenvalue weighted by atomic mass is 32.2. The number of nitrogens with one attached hydrogen (secondary N) is 2. The van der Waals surface area contributed by atoms with Crippen molar-refractivity contribution in [2.24, 2.45) is 0 Å². The van der Waals surface area contributed by atoms with Crippen LogP contribution in [0, 0.1) is 0 Å². The number of aromatic nitrogens is 2. The highest BCUT2D eigenvalue weighted by molar-refractivity contribution is 7.89. The molecule has 2 N–H and O–H groups in total. The summed E-state index contributed by atoms with van der Waals surface area (Å²) >= 11 is 0. The van der Waals surface area contributed by atoms with E-state index in [-0.39, 0.29) is 32.8 Å². The summed E-state index contributed by atoms with van der Waals surface area (Å²) in [7, 11) is -4.03. The van der Waals surface area contributed by atoms with Gasteiger partial charge in [0.05, 0.1) is 6.61 Å². The first-order valence-electron chi connectivity index (χ1n) is 6.60. The Hall–Kier alpha value is -2.14. The zero-order valence-electron chi connectivity index (χ0n) is 11.9. The number of nitrogens with zero attached hydrogens (tertiary/aromatic N) is 2. The van der Waals surface area contributed by atoms with Crippen LogP contribution in [0.4, 0.5) is 4.79 Å². The summed E-state index contributed by atoms with van der Waals surface area (Å²) in [5, 5.41) is 0. The van der Waals surface area contributed by atoms with Crippen LogP contribution in [0.25, 0.3) is 0 Å². The molecule has 1 aliphatic rings. The molecule has 0 spiro atoms. The third-order valence-electron chi connectivity index (χ3n) is 3.17. The molecule has 1 aromatic heterocycles. The number of H-pyrrole nitrogens is 2. The second kappa shape index (κ2) is 6.32. The van der Waals surface area contributed by atoms with Crippen molar-refractivity contribution in [2.45, 2.75) is 11.8 Å². The van der Waals surface area contributed by atoms with Crippen LogP contribution in [0.3, 0.4) is 0 Å². The molecule has 2 rings (SSSR count). The van der Waals surface area contributed by atoms with Gasteiger partial charge in [0.1, 0.15) is 0 Å². The Morgan fingerprint density at radius 3 is 2.45 bits per heavy atom. The van der Waals surface area contributed by atoms with Gasteiger partial charge in [-0.2, -0.15) is 4.31 Å². The van der Waals surface area contributed by atoms with Crippen molar-refractivity contribution in [3.8, 4) is 0 Å². The van der Waals surface area contributed by atoms with Gasteiger partial charge in [0.25, 0.3) is 5.56 Å². The number of hydrogen-bond donors (Lipinski definition) is 2. The molecule has 122 valence electrons. The van der Waals surface area contributed by atoms with Gasteiger partial charge in [0, 0.05) is 32.4 Å². The molecule has 10 nitrogen and oxygen atoms in total. The maximum Gasteiger partial charge on any atom is 0.409 e. The van der Waals surface area contributed by atoms with Gasteiger partial charge in [-0.25, -0.2) is 18.0 Å². The molecule has 1 aliphatic heterocycles. The minimum Gasteiger partial charge on any atom is -0.450 e. The Morgan fingerprint density at radius 1 is 1.27 bits per heavy atom. The van der Waals surface area contributed by atoms with Crippen molar-refractivity contribution in [3.05, 3.63) is 27.0 Å². The molecule has 1 saturated heterocycles. The molecule has 0 aliphatic carbocycles. The maximum atomic E-state index is 12.4. The quantitative estimate of drug-likeness (QED) is 0.694. The molecule has 0 radical (unpaired) electrons. The minimum absolute atomic E-state index is 0.0414. The molecule has 1 amide bonds. The van der Waals surface area contributed by atoms with Gasteiger partial charge in [-0.15, -0.1) is 0 Å². The fourth-order valence-corrected chi connectivity index (χ4v) is 3.47. The lowest BCUT2D eigenvalue weighted by molar-refractivity contribution is 0.0934. The van der Waals surface area contributed by atoms with Crippen LogP contribution >= 0.6 is 0 Å². The first-order valence-corrected chi connectivity index (χ1v) is 8.04. The number of aromatic amines is 2. The average Bonchev–Trinajstić information content (AvgIpc) is 2.47. The van der Waals surface area contributed by atoms with Crippen LogP contribution in [-0.2, 0) is 14.8 Å². The molecule has 1 aromatic rings. The average molecular weight is 332 g/mol. The van der Waals surface area contributed by atoms with E-state index < -0.39 is 32.3 Å². The summed E-state index contributed by atoms with van der Waals surface area (Å²) in [5.41, 5.74) is -1.76. The molecule has 0 saturated carbocycles. The third-order valence-corrected chi connectivity index (χ3v) is 5.07. The topological polar surface area (TPSA) is 133 Å². The highest BCUT2D eigenvalue weighted by Crippen LogP contribution is 2.13. The van der Waals surface area contributed by atoms with Crippen LogP contribution in [0.5, 0.6) is 0 Å². The second-order valence-electron chi connectivity index (χ2n) is 4.53. The fraction of sp³-hybridized carbons (Fsp3) is 0.545. The summed E-state index contributed by atoms with van der Waals surface area (Å²) in [6.45, 7) is 2.34. The highest BCUT2D eigenvalue weighted by Gasteiger charge is 2.32. The number of carbonyl (C=O) groups excluding carboxylic acids is 1. The molecule has 11 heteroatoms. The zero-order valence-corrected chi connectivity index (χ0v) is 12.7. The Balaban J connectivity index is 2.14. The summed E-state index contributed by atoms with van der Waals surface area (Å²) in [4.78, 5) is 39.0. The van der Waals surface area contributed by atoms with E-state index in [0.717, 1.165) is 10.5 Å². The van der Waals surface area contributed by atoms with Gasteiger partial charge in [-0.3, -0.25) is 9.78 Å². The van der Waals surface area contributed by atoms with Crippen LogP contribution in [0.15, 0.2) is 20.7 Å². The van der Waals surface area contributed by atoms with E-state index in [0.29, 0.717) is 0 Å². The third kappa shape index (κ3) is 3.20. The first kappa shape index (κ1) is 16.2. The zero-order chi connectivity index (χ0) is 16.3. The van der Waals surface area contributed by atoms with Gasteiger partial charge in [0.2, 0.25) is 10.0 Å². The van der Waals surface area contributed by atoms with Crippen molar-refractivity contribution >= 4 is 16.1 Å². The number of ether oxygens (including phenoxy) is 1. The minimum atomic E-state index is -4.03. The Labute approximate surface area is 125 Å². The van der Waals surface area contributed by atoms with E-state index in [1.807, 2.05) is 4.98 Å². The van der Waals surface area contributed by atoms with E-state index in [9.17, 15) is 22.8 Å². The molecule has 0 atom stereocenters. The molecule has 2 heterocycles. The van der Waals surface area contributed by atoms with Crippen LogP contribution in [0.2, 0.25) is 0 Å². The van der Waals surface area contributed by atoms with E-state index in [2.05, 4.69) is 4.98 Å². The van der Waals surface area contributed by atoms with Gasteiger partial charge >= 0.3 is 11.8 Å². The maximum absolute atomic E-state index is 12.4. The van der Waals surface area contributed by atoms with E-state index >= 15 is 0 Å². The number of hydrogen-bond acceptors (Lipinski definition) is 6. The van der Waals surface area contributed by atoms with E-state index in [1.54, 1.807) is 6.92 Å². The number of amides is 1. The monoisotopic (exact) mass is 332 g/mol. The van der Waals surface area contributed by atoms with Crippen LogP contribution < -0.4 is 11.2 Å². The number of carbonyl (C=O) groups is 1. The second-order valence-corrected chi connectivity index (χ2v) is 6.43. The standard InChI is InChI=1S/C11H16N4O6S/c1-2-21-11(18)14-3-5-15(6-4-14)22(19,20)8-7-12-10(17)13-9(8)16/h7H,2-6H2,1H3,(H2,12,13,16,17). The predicted molar refractivity (Wildman–Crippen MR) is 75.0 cm³/mol. The smallest absolute Gasteiger partial charge is 0.409 e. The Kier molecular flexibility index (Phi) is 4.66. The van der Waals surface area contributed by atoms with Gasteiger partial charge in [-0.1, -0.05) is 0 Å². The largest absolute Gasteiger partial charge is 0.450 e. The lowest BCUT2D eigenvalue weighted by atomic mass is 10.4. The number of piperazine rings is 1. The molecular formula is C11H16N4O6S. The lowest BCUT2D eigenvalue weighted by Gasteiger charge is -2.32. The lowest BCUT2D eigenvalue weighted by Crippen LogP contribution is -2.51. The van der Waals surface area contributed by atoms with Gasteiger partial charge in [0.15, 0.2) is 4.90 Å². The van der Waals surface area contributed by atoms with E-state index in [4.69, 9.17) is 4.74 Å². The van der Waals surface area contributed by atoms with Crippen molar-refractivity contribution in [1.29, 1.82) is 0 Å². The molecule has 0 unspecified atom stereocenters. The molecule has 1 fully saturated rings. The predicted octanol–water partition coefficient (Wildman–Crippen LogP) is -1.47. The van der Waals surface area contributed by atoms with Crippen LogP contribution in [-0.4, -0.2) is 66.5 Å². The molecule has 0 bridgehead atoms. The Bertz CT molecular complexity index is 759. The van der Waals surface area contributed by atoms with Crippen molar-refractivity contribution in [2.75, 3.05) is 32.8 Å². The van der Waals surface area contributed by atoms with Crippen molar-refractivity contribution in [3.63, 3.8) is 0 Å².